The van der Waals surface area contributed by atoms with Crippen LogP contribution < -0.4 is 9.46 Å². The maximum atomic E-state index is 13.0. The van der Waals surface area contributed by atoms with Gasteiger partial charge in [-0.2, -0.15) is 13.7 Å². The molecule has 30 heavy (non-hydrogen) atoms. The fourth-order valence-electron chi connectivity index (χ4n) is 3.34. The van der Waals surface area contributed by atoms with E-state index < -0.39 is 10.0 Å². The molecule has 0 bridgehead atoms. The van der Waals surface area contributed by atoms with Crippen LogP contribution in [0.1, 0.15) is 21.8 Å². The highest BCUT2D eigenvalue weighted by Crippen LogP contribution is 2.33. The molecule has 3 aromatic heterocycles. The number of methoxy groups -OCH3 is 1. The van der Waals surface area contributed by atoms with Crippen LogP contribution in [0.3, 0.4) is 0 Å². The van der Waals surface area contributed by atoms with Gasteiger partial charge in [-0.15, -0.1) is 11.3 Å². The molecule has 0 fully saturated rings. The van der Waals surface area contributed by atoms with E-state index in [1.807, 2.05) is 31.4 Å². The summed E-state index contributed by atoms with van der Waals surface area (Å²) >= 11 is 1.49. The van der Waals surface area contributed by atoms with Crippen LogP contribution in [-0.4, -0.2) is 30.1 Å². The van der Waals surface area contributed by atoms with Gasteiger partial charge >= 0.3 is 0 Å². The van der Waals surface area contributed by atoms with Crippen LogP contribution in [0.15, 0.2) is 35.5 Å². The summed E-state index contributed by atoms with van der Waals surface area (Å²) in [4.78, 5) is 8.04. The van der Waals surface area contributed by atoms with Crippen molar-refractivity contribution < 1.29 is 13.2 Å². The minimum atomic E-state index is -3.95. The van der Waals surface area contributed by atoms with Gasteiger partial charge in [-0.05, 0) is 45.0 Å². The summed E-state index contributed by atoms with van der Waals surface area (Å²) in [7, 11) is -2.40. The second-order valence-electron chi connectivity index (χ2n) is 6.84. The minimum Gasteiger partial charge on any atom is -0.497 e. The standard InChI is InChI=1S/C20H19N5O3S2/c1-11-7-17(13(3)25(11)19-14(10-21)8-12(2)29-19)24-30(26,27)20-22-16-6-5-15(28-4)9-18(16)23-20/h5-9,24H,1-4H3,(H,22,23). The van der Waals surface area contributed by atoms with Gasteiger partial charge in [0.2, 0.25) is 5.16 Å². The number of ether oxygens (including phenoxy) is 1. The van der Waals surface area contributed by atoms with Crippen molar-refractivity contribution in [3.63, 3.8) is 0 Å². The first-order valence-electron chi connectivity index (χ1n) is 9.00. The number of thiophene rings is 1. The van der Waals surface area contributed by atoms with Crippen molar-refractivity contribution in [2.45, 2.75) is 25.9 Å². The van der Waals surface area contributed by atoms with Gasteiger partial charge in [0, 0.05) is 22.3 Å². The van der Waals surface area contributed by atoms with Crippen molar-refractivity contribution in [2.75, 3.05) is 11.8 Å². The Bertz CT molecular complexity index is 1420. The van der Waals surface area contributed by atoms with Crippen LogP contribution in [0.2, 0.25) is 0 Å². The highest BCUT2D eigenvalue weighted by Gasteiger charge is 2.23. The quantitative estimate of drug-likeness (QED) is 0.486. The molecule has 3 heterocycles. The zero-order valence-corrected chi connectivity index (χ0v) is 18.4. The SMILES string of the molecule is COc1ccc2nc(S(=O)(=O)Nc3cc(C)n(-c4sc(C)cc4C#N)c3C)[nH]c2c1. The summed E-state index contributed by atoms with van der Waals surface area (Å²) in [6, 6.07) is 10.9. The first-order valence-corrected chi connectivity index (χ1v) is 11.3. The predicted octanol–water partition coefficient (Wildman–Crippen LogP) is 4.02. The molecule has 4 aromatic rings. The first-order chi connectivity index (χ1) is 14.2. The maximum Gasteiger partial charge on any atom is 0.295 e. The second-order valence-corrected chi connectivity index (χ2v) is 9.67. The van der Waals surface area contributed by atoms with Crippen LogP contribution in [0, 0.1) is 32.1 Å². The number of benzene rings is 1. The van der Waals surface area contributed by atoms with E-state index in [1.54, 1.807) is 31.4 Å². The molecule has 0 spiro atoms. The number of imidazole rings is 1. The number of sulfonamides is 1. The first kappa shape index (κ1) is 20.0. The van der Waals surface area contributed by atoms with Gasteiger partial charge in [-0.3, -0.25) is 4.72 Å². The lowest BCUT2D eigenvalue weighted by Crippen LogP contribution is -2.15. The number of nitrogens with zero attached hydrogens (tertiary/aromatic N) is 3. The summed E-state index contributed by atoms with van der Waals surface area (Å²) in [5.74, 6) is 0.603. The number of rotatable bonds is 5. The molecule has 1 aromatic carbocycles. The van der Waals surface area contributed by atoms with Crippen LogP contribution >= 0.6 is 11.3 Å². The maximum absolute atomic E-state index is 13.0. The zero-order chi connectivity index (χ0) is 21.6. The van der Waals surface area contributed by atoms with Gasteiger partial charge in [0.05, 0.1) is 29.4 Å². The third-order valence-electron chi connectivity index (χ3n) is 4.76. The van der Waals surface area contributed by atoms with E-state index in [1.165, 1.54) is 11.3 Å². The number of nitriles is 1. The molecule has 0 amide bonds. The molecule has 0 aliphatic rings. The number of anilines is 1. The van der Waals surface area contributed by atoms with Gasteiger partial charge in [-0.1, -0.05) is 0 Å². The molecule has 0 saturated heterocycles. The molecular formula is C20H19N5O3S2. The Morgan fingerprint density at radius 1 is 1.23 bits per heavy atom. The average Bonchev–Trinajstić information content (AvgIpc) is 3.36. The van der Waals surface area contributed by atoms with Gasteiger partial charge < -0.3 is 14.3 Å². The van der Waals surface area contributed by atoms with Gasteiger partial charge in [0.15, 0.2) is 0 Å². The number of nitrogens with one attached hydrogen (secondary N) is 2. The Kier molecular flexibility index (Phi) is 4.80. The van der Waals surface area contributed by atoms with Crippen LogP contribution in [0.5, 0.6) is 5.75 Å². The van der Waals surface area contributed by atoms with E-state index in [4.69, 9.17) is 4.74 Å². The molecule has 4 rings (SSSR count). The Morgan fingerprint density at radius 3 is 2.70 bits per heavy atom. The van der Waals surface area contributed by atoms with Crippen molar-refractivity contribution in [1.82, 2.24) is 14.5 Å². The van der Waals surface area contributed by atoms with E-state index in [-0.39, 0.29) is 5.16 Å². The molecule has 154 valence electrons. The van der Waals surface area contributed by atoms with E-state index in [0.29, 0.717) is 33.7 Å². The van der Waals surface area contributed by atoms with Crippen molar-refractivity contribution in [3.8, 4) is 16.8 Å². The number of aromatic nitrogens is 3. The topological polar surface area (TPSA) is 113 Å². The Labute approximate surface area is 177 Å². The molecule has 0 radical (unpaired) electrons. The summed E-state index contributed by atoms with van der Waals surface area (Å²) in [6.45, 7) is 5.61. The molecule has 0 saturated carbocycles. The van der Waals surface area contributed by atoms with E-state index in [9.17, 15) is 13.7 Å². The number of fused-ring (bicyclic) bond motifs is 1. The minimum absolute atomic E-state index is 0.180. The van der Waals surface area contributed by atoms with Gasteiger partial charge in [0.1, 0.15) is 16.8 Å². The van der Waals surface area contributed by atoms with E-state index in [0.717, 1.165) is 15.6 Å². The molecule has 8 nitrogen and oxygen atoms in total. The number of H-pyrrole nitrogens is 1. The third kappa shape index (κ3) is 3.32. The summed E-state index contributed by atoms with van der Waals surface area (Å²) < 4.78 is 35.6. The summed E-state index contributed by atoms with van der Waals surface area (Å²) in [5, 5.41) is 10.0. The van der Waals surface area contributed by atoms with Gasteiger partial charge in [-0.25, -0.2) is 4.98 Å². The number of aromatic amines is 1. The number of aryl methyl sites for hydroxylation is 2. The lowest BCUT2D eigenvalue weighted by Gasteiger charge is -2.09. The van der Waals surface area contributed by atoms with E-state index in [2.05, 4.69) is 20.8 Å². The molecular weight excluding hydrogens is 422 g/mol. The smallest absolute Gasteiger partial charge is 0.295 e. The third-order valence-corrected chi connectivity index (χ3v) is 6.98. The van der Waals surface area contributed by atoms with Gasteiger partial charge in [0.25, 0.3) is 10.0 Å². The highest BCUT2D eigenvalue weighted by atomic mass is 32.2. The number of hydrogen-bond acceptors (Lipinski definition) is 6. The Morgan fingerprint density at radius 2 is 2.00 bits per heavy atom. The predicted molar refractivity (Wildman–Crippen MR) is 116 cm³/mol. The van der Waals surface area contributed by atoms with Crippen LogP contribution in [0.25, 0.3) is 16.0 Å². The van der Waals surface area contributed by atoms with Crippen LogP contribution in [0.4, 0.5) is 5.69 Å². The normalized spacial score (nSPS) is 11.6. The largest absolute Gasteiger partial charge is 0.497 e. The molecule has 0 aliphatic carbocycles. The summed E-state index contributed by atoms with van der Waals surface area (Å²) in [5.41, 5.74) is 3.58. The van der Waals surface area contributed by atoms with E-state index >= 15 is 0 Å². The average molecular weight is 442 g/mol. The second kappa shape index (κ2) is 7.19. The summed E-state index contributed by atoms with van der Waals surface area (Å²) in [6.07, 6.45) is 0. The molecule has 0 unspecified atom stereocenters. The van der Waals surface area contributed by atoms with Crippen molar-refractivity contribution in [3.05, 3.63) is 52.2 Å². The lowest BCUT2D eigenvalue weighted by atomic mass is 10.3. The zero-order valence-electron chi connectivity index (χ0n) is 16.8. The Balaban J connectivity index is 1.73. The van der Waals surface area contributed by atoms with Crippen molar-refractivity contribution in [1.29, 1.82) is 5.26 Å². The number of hydrogen-bond donors (Lipinski definition) is 2. The highest BCUT2D eigenvalue weighted by molar-refractivity contribution is 7.92. The lowest BCUT2D eigenvalue weighted by molar-refractivity contribution is 0.415. The molecule has 10 heteroatoms. The van der Waals surface area contributed by atoms with Crippen LogP contribution in [-0.2, 0) is 10.0 Å². The fraction of sp³-hybridized carbons (Fsp3) is 0.200. The molecule has 2 N–H and O–H groups in total. The van der Waals surface area contributed by atoms with Crippen molar-refractivity contribution in [2.24, 2.45) is 0 Å². The fourth-order valence-corrected chi connectivity index (χ4v) is 5.46. The Hall–Kier alpha value is -3.29. The monoisotopic (exact) mass is 441 g/mol. The van der Waals surface area contributed by atoms with Crippen molar-refractivity contribution >= 4 is 38.1 Å². The molecule has 0 atom stereocenters. The molecule has 0 aliphatic heterocycles.